The Morgan fingerprint density at radius 3 is 1.67 bits per heavy atom. The van der Waals surface area contributed by atoms with Gasteiger partial charge in [-0.3, -0.25) is 9.59 Å². The Hall–Kier alpha value is -0.883. The summed E-state index contributed by atoms with van der Waals surface area (Å²) in [7, 11) is 0.639. The van der Waals surface area contributed by atoms with E-state index < -0.39 is 8.32 Å². The summed E-state index contributed by atoms with van der Waals surface area (Å²) in [4.78, 5) is 19.6. The number of hydrogen-bond acceptors (Lipinski definition) is 3. The Kier molecular flexibility index (Phi) is 30.7. The number of carbonyl (C=O) groups is 2. The van der Waals surface area contributed by atoms with Gasteiger partial charge in [-0.2, -0.15) is 0 Å². The van der Waals surface area contributed by atoms with Crippen LogP contribution in [-0.2, 0) is 14.0 Å². The Balaban J connectivity index is -0.0000000869. The van der Waals surface area contributed by atoms with Crippen LogP contribution in [0.1, 0.15) is 34.6 Å². The van der Waals surface area contributed by atoms with E-state index in [1.54, 1.807) is 7.11 Å². The van der Waals surface area contributed by atoms with Crippen molar-refractivity contribution in [3.05, 3.63) is 0 Å². The summed E-state index contributed by atoms with van der Waals surface area (Å²) in [6.07, 6.45) is 0.524. The zero-order valence-corrected chi connectivity index (χ0v) is 14.5. The van der Waals surface area contributed by atoms with Gasteiger partial charge in [0.1, 0.15) is 0 Å². The molecule has 0 rings (SSSR count). The number of carbonyl (C=O) groups excluding carboxylic acids is 2. The first-order valence-electron chi connectivity index (χ1n) is 6.30. The summed E-state index contributed by atoms with van der Waals surface area (Å²) in [6, 6.07) is 0. The van der Waals surface area contributed by atoms with Crippen molar-refractivity contribution < 1.29 is 14.0 Å². The van der Waals surface area contributed by atoms with E-state index in [0.717, 1.165) is 0 Å². The summed E-state index contributed by atoms with van der Waals surface area (Å²) >= 11 is 0. The molecule has 2 amide bonds. The first-order valence-corrected chi connectivity index (χ1v) is 9.71. The highest BCUT2D eigenvalue weighted by Gasteiger charge is 2.09. The molecule has 0 aliphatic heterocycles. The summed E-state index contributed by atoms with van der Waals surface area (Å²) in [5.74, 6) is -0.153. The molecule has 0 aromatic rings. The lowest BCUT2D eigenvalue weighted by Gasteiger charge is -2.10. The van der Waals surface area contributed by atoms with E-state index in [1.165, 1.54) is 6.92 Å². The van der Waals surface area contributed by atoms with E-state index in [0.29, 0.717) is 6.41 Å². The monoisotopic (exact) mass is 280 g/mol. The second kappa shape index (κ2) is 21.4. The molecule has 18 heavy (non-hydrogen) atoms. The molecular weight excluding hydrogens is 248 g/mol. The Bertz CT molecular complexity index is 171. The molecule has 0 bridgehead atoms. The van der Waals surface area contributed by atoms with E-state index in [-0.39, 0.29) is 12.6 Å². The molecule has 0 aliphatic rings. The van der Waals surface area contributed by atoms with Gasteiger partial charge in [0, 0.05) is 14.0 Å². The van der Waals surface area contributed by atoms with Gasteiger partial charge in [-0.1, -0.05) is 27.7 Å². The number of hydrogen-bond donors (Lipinski definition) is 2. The minimum Gasteiger partial charge on any atom is -0.421 e. The molecule has 0 aromatic carbocycles. The van der Waals surface area contributed by atoms with Gasteiger partial charge in [-0.25, -0.2) is 0 Å². The molecule has 0 spiro atoms. The largest absolute Gasteiger partial charge is 0.421 e. The lowest BCUT2D eigenvalue weighted by Crippen LogP contribution is -2.31. The van der Waals surface area contributed by atoms with Gasteiger partial charge in [-0.05, 0) is 19.6 Å². The molecule has 0 atom stereocenters. The van der Waals surface area contributed by atoms with Gasteiger partial charge < -0.3 is 15.1 Å². The van der Waals surface area contributed by atoms with Gasteiger partial charge in [0.2, 0.25) is 12.3 Å². The summed E-state index contributed by atoms with van der Waals surface area (Å²) < 4.78 is 5.08. The van der Waals surface area contributed by atoms with Crippen molar-refractivity contribution in [1.82, 2.24) is 10.6 Å². The zero-order chi connectivity index (χ0) is 15.6. The molecule has 6 heteroatoms. The summed E-state index contributed by atoms with van der Waals surface area (Å²) in [5.41, 5.74) is 0. The Morgan fingerprint density at radius 1 is 1.17 bits per heavy atom. The van der Waals surface area contributed by atoms with E-state index in [1.807, 2.05) is 27.7 Å². The van der Waals surface area contributed by atoms with Crippen molar-refractivity contribution in [3.8, 4) is 0 Å². The van der Waals surface area contributed by atoms with Crippen molar-refractivity contribution >= 4 is 20.6 Å². The highest BCUT2D eigenvalue weighted by molar-refractivity contribution is 6.69. The molecule has 5 nitrogen and oxygen atoms in total. The van der Waals surface area contributed by atoms with E-state index >= 15 is 0 Å². The molecule has 0 saturated carbocycles. The maximum Gasteiger partial charge on any atom is 0.218 e. The van der Waals surface area contributed by atoms with Crippen molar-refractivity contribution in [2.45, 2.75) is 54.3 Å². The SMILES string of the molecule is CC.CC.CC(=O)NCNC=O.CO[Si](C)(C)C. The van der Waals surface area contributed by atoms with Crippen molar-refractivity contribution in [3.63, 3.8) is 0 Å². The molecule has 112 valence electrons. The molecule has 0 aliphatic carbocycles. The minimum atomic E-state index is -1.13. The fourth-order valence-corrected chi connectivity index (χ4v) is 0.217. The third kappa shape index (κ3) is 59.5. The van der Waals surface area contributed by atoms with Crippen LogP contribution < -0.4 is 10.6 Å². The molecule has 0 fully saturated rings. The van der Waals surface area contributed by atoms with Crippen LogP contribution in [0.25, 0.3) is 0 Å². The van der Waals surface area contributed by atoms with Crippen molar-refractivity contribution in [2.24, 2.45) is 0 Å². The van der Waals surface area contributed by atoms with Crippen LogP contribution in [-0.4, -0.2) is 34.4 Å². The molecule has 0 heterocycles. The first-order chi connectivity index (χ1) is 8.33. The van der Waals surface area contributed by atoms with Crippen LogP contribution in [0.15, 0.2) is 0 Å². The number of rotatable bonds is 4. The van der Waals surface area contributed by atoms with Crippen molar-refractivity contribution in [1.29, 1.82) is 0 Å². The Morgan fingerprint density at radius 2 is 1.50 bits per heavy atom. The summed E-state index contributed by atoms with van der Waals surface area (Å²) in [6.45, 7) is 16.1. The normalized spacial score (nSPS) is 8.06. The standard InChI is InChI=1S/C4H8N2O2.C4H12OSi.2C2H6/c1-4(8)6-2-5-3-7;1-5-6(2,3)4;2*1-2/h3H,2H2,1H3,(H,5,7)(H,6,8);1-4H3;2*1-2H3. The summed E-state index contributed by atoms with van der Waals surface area (Å²) in [5, 5.41) is 4.63. The van der Waals surface area contributed by atoms with Crippen molar-refractivity contribution in [2.75, 3.05) is 13.8 Å². The fraction of sp³-hybridized carbons (Fsp3) is 0.833. The molecule has 0 unspecified atom stereocenters. The zero-order valence-electron chi connectivity index (χ0n) is 13.5. The third-order valence-electron chi connectivity index (χ3n) is 1.14. The van der Waals surface area contributed by atoms with E-state index in [9.17, 15) is 9.59 Å². The second-order valence-corrected chi connectivity index (χ2v) is 8.18. The van der Waals surface area contributed by atoms with Crippen LogP contribution in [0.5, 0.6) is 0 Å². The van der Waals surface area contributed by atoms with Gasteiger partial charge in [0.05, 0.1) is 6.67 Å². The molecule has 0 radical (unpaired) electrons. The third-order valence-corrected chi connectivity index (χ3v) is 2.36. The fourth-order valence-electron chi connectivity index (χ4n) is 0.217. The minimum absolute atomic E-state index is 0.153. The highest BCUT2D eigenvalue weighted by atomic mass is 28.4. The molecule has 2 N–H and O–H groups in total. The average molecular weight is 280 g/mol. The maximum absolute atomic E-state index is 10.1. The Labute approximate surface area is 114 Å². The predicted octanol–water partition coefficient (Wildman–Crippen LogP) is 2.35. The van der Waals surface area contributed by atoms with Crippen LogP contribution in [0.3, 0.4) is 0 Å². The topological polar surface area (TPSA) is 67.4 Å². The van der Waals surface area contributed by atoms with E-state index in [4.69, 9.17) is 4.43 Å². The lowest BCUT2D eigenvalue weighted by molar-refractivity contribution is -0.119. The number of amides is 2. The van der Waals surface area contributed by atoms with Gasteiger partial charge in [0.25, 0.3) is 0 Å². The molecule has 0 saturated heterocycles. The van der Waals surface area contributed by atoms with Gasteiger partial charge in [-0.15, -0.1) is 0 Å². The first kappa shape index (κ1) is 25.8. The second-order valence-electron chi connectivity index (χ2n) is 3.55. The van der Waals surface area contributed by atoms with Crippen LogP contribution >= 0.6 is 0 Å². The lowest BCUT2D eigenvalue weighted by atomic mass is 10.7. The smallest absolute Gasteiger partial charge is 0.218 e. The van der Waals surface area contributed by atoms with Gasteiger partial charge >= 0.3 is 0 Å². The predicted molar refractivity (Wildman–Crippen MR) is 80.9 cm³/mol. The maximum atomic E-state index is 10.1. The molecular formula is C12H32N2O3Si. The van der Waals surface area contributed by atoms with E-state index in [2.05, 4.69) is 30.3 Å². The quantitative estimate of drug-likeness (QED) is 0.359. The van der Waals surface area contributed by atoms with Gasteiger partial charge in [0.15, 0.2) is 8.32 Å². The highest BCUT2D eigenvalue weighted by Crippen LogP contribution is 1.97. The van der Waals surface area contributed by atoms with Crippen LogP contribution in [0, 0.1) is 0 Å². The van der Waals surface area contributed by atoms with Crippen LogP contribution in [0.4, 0.5) is 0 Å². The molecule has 0 aromatic heterocycles. The van der Waals surface area contributed by atoms with Crippen LogP contribution in [0.2, 0.25) is 19.6 Å². The number of nitrogens with one attached hydrogen (secondary N) is 2. The average Bonchev–Trinajstić information content (AvgIpc) is 2.34.